The second-order valence-electron chi connectivity index (χ2n) is 8.40. The first-order chi connectivity index (χ1) is 11.8. The molecule has 2 aliphatic rings. The topological polar surface area (TPSA) is 55.6 Å². The van der Waals surface area contributed by atoms with Crippen molar-refractivity contribution in [1.82, 2.24) is 4.90 Å². The summed E-state index contributed by atoms with van der Waals surface area (Å²) in [5.41, 5.74) is 9.37. The van der Waals surface area contributed by atoms with Crippen LogP contribution in [0.3, 0.4) is 0 Å². The van der Waals surface area contributed by atoms with Gasteiger partial charge in [0.05, 0.1) is 0 Å². The maximum absolute atomic E-state index is 12.3. The van der Waals surface area contributed by atoms with Gasteiger partial charge < -0.3 is 15.4 Å². The molecule has 0 spiro atoms. The van der Waals surface area contributed by atoms with Gasteiger partial charge in [-0.05, 0) is 62.3 Å². The molecule has 4 nitrogen and oxygen atoms in total. The fraction of sp³-hybridized carbons (Fsp3) is 0.667. The molecule has 2 aliphatic carbocycles. The molecule has 0 heterocycles. The van der Waals surface area contributed by atoms with Crippen molar-refractivity contribution < 1.29 is 9.53 Å². The van der Waals surface area contributed by atoms with Crippen molar-refractivity contribution in [2.24, 2.45) is 11.7 Å². The van der Waals surface area contributed by atoms with Gasteiger partial charge in [-0.1, -0.05) is 32.3 Å². The molecule has 2 N–H and O–H groups in total. The van der Waals surface area contributed by atoms with Crippen LogP contribution in [0.1, 0.15) is 64.0 Å². The van der Waals surface area contributed by atoms with Gasteiger partial charge >= 0.3 is 6.09 Å². The average molecular weight is 344 g/mol. The lowest BCUT2D eigenvalue weighted by Crippen LogP contribution is -2.52. The maximum atomic E-state index is 12.3. The standard InChI is InChI=1S/C21H32N2O2/c1-14(2)23(4)20(24)25-17-10-9-15-12-16-8-6-5-7-11-21(3,19(16)22)18(15)13-17/h9-10,13-14,16,19H,5-8,11-12,22H2,1-4H3/t16-,19-,21+/m0/s1. The van der Waals surface area contributed by atoms with E-state index in [2.05, 4.69) is 19.1 Å². The van der Waals surface area contributed by atoms with E-state index in [1.165, 1.54) is 36.8 Å². The molecule has 1 fully saturated rings. The van der Waals surface area contributed by atoms with Crippen molar-refractivity contribution in [2.45, 2.75) is 76.8 Å². The van der Waals surface area contributed by atoms with Gasteiger partial charge in [0, 0.05) is 24.5 Å². The Labute approximate surface area is 151 Å². The third kappa shape index (κ3) is 3.41. The normalized spacial score (nSPS) is 28.7. The summed E-state index contributed by atoms with van der Waals surface area (Å²) in [5.74, 6) is 1.20. The average Bonchev–Trinajstić information content (AvgIpc) is 2.58. The summed E-state index contributed by atoms with van der Waals surface area (Å²) in [6.45, 7) is 6.26. The minimum atomic E-state index is -0.309. The molecule has 0 unspecified atom stereocenters. The molecule has 0 radical (unpaired) electrons. The van der Waals surface area contributed by atoms with E-state index in [-0.39, 0.29) is 23.6 Å². The number of ether oxygens (including phenoxy) is 1. The number of carbonyl (C=O) groups excluding carboxylic acids is 1. The molecule has 0 aromatic heterocycles. The summed E-state index contributed by atoms with van der Waals surface area (Å²) >= 11 is 0. The van der Waals surface area contributed by atoms with Gasteiger partial charge in [-0.3, -0.25) is 0 Å². The fourth-order valence-corrected chi connectivity index (χ4v) is 4.48. The molecule has 3 rings (SSSR count). The zero-order valence-electron chi connectivity index (χ0n) is 16.0. The van der Waals surface area contributed by atoms with Crippen molar-refractivity contribution in [3.8, 4) is 5.75 Å². The Morgan fingerprint density at radius 3 is 2.80 bits per heavy atom. The molecule has 1 aromatic rings. The lowest BCUT2D eigenvalue weighted by Gasteiger charge is -2.47. The highest BCUT2D eigenvalue weighted by Gasteiger charge is 2.43. The van der Waals surface area contributed by atoms with Crippen molar-refractivity contribution in [3.63, 3.8) is 0 Å². The Hall–Kier alpha value is -1.55. The molecular weight excluding hydrogens is 312 g/mol. The van der Waals surface area contributed by atoms with E-state index in [1.54, 1.807) is 11.9 Å². The van der Waals surface area contributed by atoms with Crippen LogP contribution >= 0.6 is 0 Å². The minimum Gasteiger partial charge on any atom is -0.410 e. The molecule has 1 amide bonds. The zero-order valence-corrected chi connectivity index (χ0v) is 16.0. The van der Waals surface area contributed by atoms with Crippen LogP contribution in [-0.4, -0.2) is 30.1 Å². The number of nitrogens with two attached hydrogens (primary N) is 1. The molecule has 138 valence electrons. The first-order valence-corrected chi connectivity index (χ1v) is 9.66. The Balaban J connectivity index is 1.91. The minimum absolute atomic E-state index is 0.0228. The first kappa shape index (κ1) is 18.2. The number of hydrogen-bond acceptors (Lipinski definition) is 3. The second-order valence-corrected chi connectivity index (χ2v) is 8.40. The molecule has 1 aromatic carbocycles. The molecule has 3 atom stereocenters. The first-order valence-electron chi connectivity index (χ1n) is 9.66. The molecule has 1 saturated carbocycles. The number of benzene rings is 1. The van der Waals surface area contributed by atoms with Crippen LogP contribution in [0, 0.1) is 5.92 Å². The van der Waals surface area contributed by atoms with Gasteiger partial charge in [0.1, 0.15) is 5.75 Å². The van der Waals surface area contributed by atoms with Crippen molar-refractivity contribution in [2.75, 3.05) is 7.05 Å². The maximum Gasteiger partial charge on any atom is 0.415 e. The Bertz CT molecular complexity index is 643. The molecule has 0 aliphatic heterocycles. The number of carbonyl (C=O) groups is 1. The van der Waals surface area contributed by atoms with Crippen LogP contribution in [0.4, 0.5) is 4.79 Å². The zero-order chi connectivity index (χ0) is 18.2. The predicted octanol–water partition coefficient (Wildman–Crippen LogP) is 4.25. The van der Waals surface area contributed by atoms with E-state index in [1.807, 2.05) is 19.9 Å². The van der Waals surface area contributed by atoms with Crippen LogP contribution in [0.25, 0.3) is 0 Å². The highest BCUT2D eigenvalue weighted by Crippen LogP contribution is 2.46. The molecule has 2 bridgehead atoms. The number of amides is 1. The monoisotopic (exact) mass is 344 g/mol. The van der Waals surface area contributed by atoms with Crippen LogP contribution in [0.2, 0.25) is 0 Å². The number of nitrogens with zero attached hydrogens (tertiary/aromatic N) is 1. The quantitative estimate of drug-likeness (QED) is 0.873. The molecule has 25 heavy (non-hydrogen) atoms. The van der Waals surface area contributed by atoms with Crippen LogP contribution in [0.5, 0.6) is 5.75 Å². The number of rotatable bonds is 2. The van der Waals surface area contributed by atoms with Gasteiger partial charge in [-0.2, -0.15) is 0 Å². The van der Waals surface area contributed by atoms with Gasteiger partial charge in [-0.25, -0.2) is 4.79 Å². The van der Waals surface area contributed by atoms with Gasteiger partial charge in [0.2, 0.25) is 0 Å². The Kier molecular flexibility index (Phi) is 5.10. The summed E-state index contributed by atoms with van der Waals surface area (Å²) in [7, 11) is 1.77. The number of hydrogen-bond donors (Lipinski definition) is 1. The summed E-state index contributed by atoms with van der Waals surface area (Å²) in [6, 6.07) is 6.45. The van der Waals surface area contributed by atoms with Gasteiger partial charge in [-0.15, -0.1) is 0 Å². The van der Waals surface area contributed by atoms with Crippen molar-refractivity contribution in [3.05, 3.63) is 29.3 Å². The second kappa shape index (κ2) is 6.99. The summed E-state index contributed by atoms with van der Waals surface area (Å²) in [6.07, 6.45) is 6.88. The fourth-order valence-electron chi connectivity index (χ4n) is 4.48. The molecular formula is C21H32N2O2. The van der Waals surface area contributed by atoms with E-state index in [4.69, 9.17) is 10.5 Å². The SMILES string of the molecule is CC(C)N(C)C(=O)Oc1ccc2c(c1)[C@@]1(C)CCCCC[C@@H](C2)[C@@H]1N. The van der Waals surface area contributed by atoms with E-state index in [0.29, 0.717) is 11.7 Å². The predicted molar refractivity (Wildman–Crippen MR) is 101 cm³/mol. The third-order valence-electron chi connectivity index (χ3n) is 6.46. The summed E-state index contributed by atoms with van der Waals surface area (Å²) < 4.78 is 5.62. The largest absolute Gasteiger partial charge is 0.415 e. The van der Waals surface area contributed by atoms with E-state index >= 15 is 0 Å². The van der Waals surface area contributed by atoms with Crippen LogP contribution in [0.15, 0.2) is 18.2 Å². The Morgan fingerprint density at radius 2 is 2.08 bits per heavy atom. The van der Waals surface area contributed by atoms with Crippen molar-refractivity contribution >= 4 is 6.09 Å². The lowest BCUT2D eigenvalue weighted by atomic mass is 9.60. The van der Waals surface area contributed by atoms with Gasteiger partial charge in [0.25, 0.3) is 0 Å². The van der Waals surface area contributed by atoms with E-state index < -0.39 is 0 Å². The highest BCUT2D eigenvalue weighted by atomic mass is 16.6. The number of fused-ring (bicyclic) bond motifs is 4. The van der Waals surface area contributed by atoms with Crippen LogP contribution < -0.4 is 10.5 Å². The van der Waals surface area contributed by atoms with Gasteiger partial charge in [0.15, 0.2) is 0 Å². The smallest absolute Gasteiger partial charge is 0.410 e. The summed E-state index contributed by atoms with van der Waals surface area (Å²) in [5, 5.41) is 0. The molecule has 0 saturated heterocycles. The van der Waals surface area contributed by atoms with Crippen molar-refractivity contribution in [1.29, 1.82) is 0 Å². The van der Waals surface area contributed by atoms with Crippen LogP contribution in [-0.2, 0) is 11.8 Å². The van der Waals surface area contributed by atoms with E-state index in [0.717, 1.165) is 12.8 Å². The highest BCUT2D eigenvalue weighted by molar-refractivity contribution is 5.70. The van der Waals surface area contributed by atoms with E-state index in [9.17, 15) is 4.79 Å². The summed E-state index contributed by atoms with van der Waals surface area (Å²) in [4.78, 5) is 13.9. The molecule has 4 heteroatoms. The third-order valence-corrected chi connectivity index (χ3v) is 6.46. The Morgan fingerprint density at radius 1 is 1.32 bits per heavy atom. The lowest BCUT2D eigenvalue weighted by molar-refractivity contribution is 0.151.